The monoisotopic (exact) mass is 882 g/mol. The van der Waals surface area contributed by atoms with Gasteiger partial charge in [-0.3, -0.25) is 24.7 Å². The third-order valence-electron chi connectivity index (χ3n) is 12.1. The first-order valence-electron chi connectivity index (χ1n) is 20.8. The highest BCUT2D eigenvalue weighted by Gasteiger charge is 2.42. The van der Waals surface area contributed by atoms with Crippen LogP contribution in [0.4, 0.5) is 16.2 Å². The van der Waals surface area contributed by atoms with Crippen molar-refractivity contribution in [2.24, 2.45) is 0 Å². The van der Waals surface area contributed by atoms with Gasteiger partial charge >= 0.3 is 6.09 Å². The minimum absolute atomic E-state index is 0.00896. The molecule has 2 aromatic carbocycles. The number of hydrogen-bond acceptors (Lipinski definition) is 11. The SMILES string of the molecule is C=C1C[C@@H](CO[Si](C)(C)C(C)(C)C)N(C(=O)c2cc(OC)c(OOc3cc(NC(=O)OC(C)(C)C)c(C(=O)N4CC(=C)C[C@H]4CO[Si](C)(C)C(C)(C)C)cc3OC)cc2N)C1. The number of carbonyl (C=O) groups is 3. The maximum Gasteiger partial charge on any atom is 0.412 e. The molecular formula is C45H70N4O10Si2. The number of nitrogens with zero attached hydrogens (tertiary/aromatic N) is 2. The third-order valence-corrected chi connectivity index (χ3v) is 21.1. The van der Waals surface area contributed by atoms with Crippen molar-refractivity contribution in [2.45, 2.75) is 129 Å². The Balaban J connectivity index is 1.64. The number of nitrogens with one attached hydrogen (secondary N) is 1. The lowest BCUT2D eigenvalue weighted by Gasteiger charge is -2.38. The van der Waals surface area contributed by atoms with Gasteiger partial charge < -0.3 is 38.6 Å². The van der Waals surface area contributed by atoms with Crippen LogP contribution in [0.15, 0.2) is 48.6 Å². The predicted octanol–water partition coefficient (Wildman–Crippen LogP) is 9.59. The molecule has 2 heterocycles. The molecule has 16 heteroatoms. The number of amides is 3. The van der Waals surface area contributed by atoms with E-state index in [0.717, 1.165) is 11.1 Å². The summed E-state index contributed by atoms with van der Waals surface area (Å²) in [6.07, 6.45) is 0.423. The van der Waals surface area contributed by atoms with Crippen molar-refractivity contribution in [3.05, 3.63) is 59.7 Å². The fraction of sp³-hybridized carbons (Fsp3) is 0.578. The molecule has 3 amide bonds. The van der Waals surface area contributed by atoms with E-state index < -0.39 is 28.3 Å². The van der Waals surface area contributed by atoms with Gasteiger partial charge in [-0.2, -0.15) is 0 Å². The number of methoxy groups -OCH3 is 2. The highest BCUT2D eigenvalue weighted by atomic mass is 28.4. The van der Waals surface area contributed by atoms with E-state index in [0.29, 0.717) is 39.1 Å². The molecule has 0 saturated carbocycles. The van der Waals surface area contributed by atoms with Crippen LogP contribution in [0.2, 0.25) is 36.3 Å². The van der Waals surface area contributed by atoms with E-state index in [1.165, 1.54) is 38.5 Å². The van der Waals surface area contributed by atoms with Gasteiger partial charge in [0.1, 0.15) is 5.60 Å². The van der Waals surface area contributed by atoms with E-state index in [1.54, 1.807) is 30.6 Å². The Morgan fingerprint density at radius 1 is 0.689 bits per heavy atom. The summed E-state index contributed by atoms with van der Waals surface area (Å²) in [7, 11) is -1.36. The van der Waals surface area contributed by atoms with E-state index in [1.807, 2.05) is 0 Å². The molecule has 2 aromatic rings. The molecule has 4 rings (SSSR count). The van der Waals surface area contributed by atoms with E-state index in [2.05, 4.69) is 86.2 Å². The Morgan fingerprint density at radius 3 is 1.51 bits per heavy atom. The Labute approximate surface area is 365 Å². The zero-order valence-corrected chi connectivity index (χ0v) is 41.2. The second kappa shape index (κ2) is 18.4. The average Bonchev–Trinajstić information content (AvgIpc) is 3.71. The van der Waals surface area contributed by atoms with Gasteiger partial charge in [0.05, 0.1) is 56.3 Å². The maximum atomic E-state index is 14.5. The summed E-state index contributed by atoms with van der Waals surface area (Å²) in [4.78, 5) is 56.8. The van der Waals surface area contributed by atoms with Crippen molar-refractivity contribution < 1.29 is 47.2 Å². The van der Waals surface area contributed by atoms with Crippen LogP contribution in [0.3, 0.4) is 0 Å². The summed E-state index contributed by atoms with van der Waals surface area (Å²) < 4.78 is 30.0. The minimum atomic E-state index is -2.13. The van der Waals surface area contributed by atoms with Crippen molar-refractivity contribution >= 4 is 45.9 Å². The molecule has 0 aliphatic carbocycles. The van der Waals surface area contributed by atoms with Gasteiger partial charge in [-0.15, -0.1) is 0 Å². The standard InChI is InChI=1S/C45H70N4O10Si2/c1-28-18-30(26-55-60(14,15)44(6,7)8)48(24-28)40(50)32-20-36(53-12)38(22-34(32)46)58-59-39-23-35(47-42(52)57-43(3,4)5)33(21-37(39)54-13)41(51)49-25-29(2)19-31(49)27-56-61(16,17)45(9,10)11/h20-23,30-31H,1-2,18-19,24-27,46H2,3-17H3,(H,47,52)/t30-,31-/m0/s1. The lowest BCUT2D eigenvalue weighted by atomic mass is 10.1. The first kappa shape index (κ1) is 49.1. The van der Waals surface area contributed by atoms with Crippen LogP contribution < -0.4 is 30.3 Å². The largest absolute Gasteiger partial charge is 0.493 e. The van der Waals surface area contributed by atoms with Crippen LogP contribution >= 0.6 is 0 Å². The second-order valence-electron chi connectivity index (χ2n) is 20.2. The van der Waals surface area contributed by atoms with Crippen molar-refractivity contribution in [3.63, 3.8) is 0 Å². The number of benzene rings is 2. The van der Waals surface area contributed by atoms with Crippen molar-refractivity contribution in [1.29, 1.82) is 0 Å². The number of anilines is 2. The summed E-state index contributed by atoms with van der Waals surface area (Å²) in [5.74, 6) is -0.295. The predicted molar refractivity (Wildman–Crippen MR) is 245 cm³/mol. The van der Waals surface area contributed by atoms with Gasteiger partial charge in [0.15, 0.2) is 28.1 Å². The fourth-order valence-electron chi connectivity index (χ4n) is 6.43. The van der Waals surface area contributed by atoms with Gasteiger partial charge in [0, 0.05) is 30.9 Å². The molecule has 0 unspecified atom stereocenters. The summed E-state index contributed by atoms with van der Waals surface area (Å²) in [5, 5.41) is 2.72. The van der Waals surface area contributed by atoms with Crippen LogP contribution in [0, 0.1) is 0 Å². The van der Waals surface area contributed by atoms with Crippen LogP contribution in [-0.4, -0.2) is 103 Å². The zero-order valence-electron chi connectivity index (χ0n) is 39.2. The molecule has 3 N–H and O–H groups in total. The van der Waals surface area contributed by atoms with E-state index >= 15 is 0 Å². The quantitative estimate of drug-likeness (QED) is 0.0612. The van der Waals surface area contributed by atoms with Crippen LogP contribution in [0.25, 0.3) is 0 Å². The van der Waals surface area contributed by atoms with Crippen LogP contribution in [0.5, 0.6) is 23.0 Å². The molecule has 61 heavy (non-hydrogen) atoms. The molecule has 0 spiro atoms. The Bertz CT molecular complexity index is 2000. The van der Waals surface area contributed by atoms with Crippen molar-refractivity contribution in [1.82, 2.24) is 9.80 Å². The van der Waals surface area contributed by atoms with Gasteiger partial charge in [-0.05, 0) is 82.0 Å². The highest BCUT2D eigenvalue weighted by molar-refractivity contribution is 6.74. The summed E-state index contributed by atoms with van der Waals surface area (Å²) in [6, 6.07) is 5.37. The first-order chi connectivity index (χ1) is 28.0. The molecule has 338 valence electrons. The molecule has 0 bridgehead atoms. The van der Waals surface area contributed by atoms with Gasteiger partial charge in [-0.25, -0.2) is 4.79 Å². The summed E-state index contributed by atoms with van der Waals surface area (Å²) in [6.45, 7) is 36.7. The van der Waals surface area contributed by atoms with Crippen molar-refractivity contribution in [3.8, 4) is 23.0 Å². The minimum Gasteiger partial charge on any atom is -0.493 e. The van der Waals surface area contributed by atoms with Gasteiger partial charge in [0.2, 0.25) is 11.5 Å². The Hall–Kier alpha value is -4.52. The molecular weight excluding hydrogens is 813 g/mol. The number of ether oxygens (including phenoxy) is 3. The number of hydrogen-bond donors (Lipinski definition) is 2. The Kier molecular flexibility index (Phi) is 14.9. The third kappa shape index (κ3) is 11.9. The van der Waals surface area contributed by atoms with Gasteiger partial charge in [-0.1, -0.05) is 65.8 Å². The van der Waals surface area contributed by atoms with E-state index in [-0.39, 0.29) is 79.5 Å². The molecule has 2 saturated heterocycles. The van der Waals surface area contributed by atoms with E-state index in [9.17, 15) is 14.4 Å². The molecule has 2 aliphatic heterocycles. The maximum absolute atomic E-state index is 14.5. The summed E-state index contributed by atoms with van der Waals surface area (Å²) >= 11 is 0. The van der Waals surface area contributed by atoms with Crippen LogP contribution in [0.1, 0.15) is 95.9 Å². The summed E-state index contributed by atoms with van der Waals surface area (Å²) in [5.41, 5.74) is 8.09. The molecule has 0 aromatic heterocycles. The first-order valence-corrected chi connectivity index (χ1v) is 26.6. The number of nitrogen functional groups attached to an aromatic ring is 1. The number of carbonyl (C=O) groups excluding carboxylic acids is 3. The van der Waals surface area contributed by atoms with Gasteiger partial charge in [0.25, 0.3) is 11.8 Å². The van der Waals surface area contributed by atoms with Crippen molar-refractivity contribution in [2.75, 3.05) is 51.6 Å². The lowest BCUT2D eigenvalue weighted by Crippen LogP contribution is -2.46. The number of likely N-dealkylation sites (tertiary alicyclic amines) is 2. The molecule has 14 nitrogen and oxygen atoms in total. The molecule has 2 fully saturated rings. The number of rotatable bonds is 14. The number of nitrogens with two attached hydrogens (primary N) is 1. The Morgan fingerprint density at radius 2 is 1.10 bits per heavy atom. The lowest BCUT2D eigenvalue weighted by molar-refractivity contribution is -0.103. The smallest absolute Gasteiger partial charge is 0.412 e. The fourth-order valence-corrected chi connectivity index (χ4v) is 8.52. The molecule has 2 atom stereocenters. The molecule has 2 aliphatic rings. The van der Waals surface area contributed by atoms with Crippen LogP contribution in [-0.2, 0) is 13.6 Å². The average molecular weight is 883 g/mol. The topological polar surface area (TPSA) is 160 Å². The van der Waals surface area contributed by atoms with E-state index in [4.69, 9.17) is 38.6 Å². The highest BCUT2D eigenvalue weighted by Crippen LogP contribution is 2.41. The molecule has 0 radical (unpaired) electrons. The second-order valence-corrected chi connectivity index (χ2v) is 29.8. The normalized spacial score (nSPS) is 17.7. The zero-order chi connectivity index (χ0) is 46.0.